The highest BCUT2D eigenvalue weighted by Crippen LogP contribution is 2.19. The fourth-order valence-corrected chi connectivity index (χ4v) is 1.88. The maximum atomic E-state index is 11.7. The van der Waals surface area contributed by atoms with Crippen LogP contribution < -0.4 is 0 Å². The average molecular weight is 318 g/mol. The summed E-state index contributed by atoms with van der Waals surface area (Å²) >= 11 is 8.98. The van der Waals surface area contributed by atoms with Gasteiger partial charge in [0.05, 0.1) is 5.38 Å². The molecule has 0 saturated carbocycles. The smallest absolute Gasteiger partial charge is 0.328 e. The summed E-state index contributed by atoms with van der Waals surface area (Å²) in [4.78, 5) is 22.1. The van der Waals surface area contributed by atoms with E-state index in [9.17, 15) is 9.59 Å². The molecule has 0 amide bonds. The molecule has 0 aliphatic heterocycles. The summed E-state index contributed by atoms with van der Waals surface area (Å²) in [5.41, 5.74) is 1.08. The second-order valence-electron chi connectivity index (χ2n) is 3.43. The van der Waals surface area contributed by atoms with Crippen LogP contribution in [0.15, 0.2) is 28.7 Å². The van der Waals surface area contributed by atoms with E-state index in [4.69, 9.17) is 16.7 Å². The molecule has 1 atom stereocenters. The van der Waals surface area contributed by atoms with Crippen molar-refractivity contribution in [2.45, 2.75) is 12.3 Å². The molecule has 1 N–H and O–H groups in total. The summed E-state index contributed by atoms with van der Waals surface area (Å²) in [6.07, 6.45) is 2.43. The Bertz CT molecular complexity index is 481. The van der Waals surface area contributed by atoms with E-state index < -0.39 is 11.3 Å². The number of hydrogen-bond acceptors (Lipinski definition) is 2. The number of rotatable bonds is 4. The second kappa shape index (κ2) is 5.98. The zero-order chi connectivity index (χ0) is 13.0. The number of halogens is 2. The monoisotopic (exact) mass is 316 g/mol. The molecule has 17 heavy (non-hydrogen) atoms. The first kappa shape index (κ1) is 13.9. The van der Waals surface area contributed by atoms with Crippen LogP contribution in [-0.2, 0) is 4.79 Å². The quantitative estimate of drug-likeness (QED) is 0.526. The molecular formula is C12H10BrClO3. The molecule has 0 aliphatic carbocycles. The van der Waals surface area contributed by atoms with Gasteiger partial charge in [0, 0.05) is 16.1 Å². The topological polar surface area (TPSA) is 54.4 Å². The van der Waals surface area contributed by atoms with Crippen LogP contribution in [0.25, 0.3) is 6.08 Å². The first-order valence-electron chi connectivity index (χ1n) is 4.80. The second-order valence-corrected chi connectivity index (χ2v) is 5.00. The number of benzene rings is 1. The van der Waals surface area contributed by atoms with Gasteiger partial charge in [-0.2, -0.15) is 0 Å². The molecule has 1 aromatic rings. The van der Waals surface area contributed by atoms with Crippen LogP contribution in [0.5, 0.6) is 0 Å². The van der Waals surface area contributed by atoms with Crippen LogP contribution >= 0.6 is 27.5 Å². The van der Waals surface area contributed by atoms with Crippen molar-refractivity contribution in [2.75, 3.05) is 0 Å². The van der Waals surface area contributed by atoms with Gasteiger partial charge in [0.1, 0.15) is 0 Å². The van der Waals surface area contributed by atoms with E-state index >= 15 is 0 Å². The van der Waals surface area contributed by atoms with Gasteiger partial charge in [-0.1, -0.05) is 15.9 Å². The van der Waals surface area contributed by atoms with E-state index in [2.05, 4.69) is 15.9 Å². The van der Waals surface area contributed by atoms with Crippen molar-refractivity contribution in [2.24, 2.45) is 0 Å². The van der Waals surface area contributed by atoms with Crippen LogP contribution in [0.3, 0.4) is 0 Å². The molecule has 5 heteroatoms. The van der Waals surface area contributed by atoms with Gasteiger partial charge in [-0.25, -0.2) is 4.79 Å². The van der Waals surface area contributed by atoms with Crippen LogP contribution in [0, 0.1) is 0 Å². The number of carbonyl (C=O) groups is 2. The Balaban J connectivity index is 3.10. The fourth-order valence-electron chi connectivity index (χ4n) is 1.25. The van der Waals surface area contributed by atoms with Gasteiger partial charge in [-0.3, -0.25) is 4.79 Å². The summed E-state index contributed by atoms with van der Waals surface area (Å²) in [6, 6.07) is 4.97. The lowest BCUT2D eigenvalue weighted by molar-refractivity contribution is -0.131. The van der Waals surface area contributed by atoms with E-state index in [0.717, 1.165) is 6.08 Å². The van der Waals surface area contributed by atoms with Gasteiger partial charge in [-0.15, -0.1) is 11.6 Å². The van der Waals surface area contributed by atoms with E-state index in [1.54, 1.807) is 25.1 Å². The van der Waals surface area contributed by atoms with Gasteiger partial charge in [-0.05, 0) is 36.8 Å². The van der Waals surface area contributed by atoms with E-state index in [1.165, 1.54) is 6.08 Å². The molecule has 90 valence electrons. The zero-order valence-electron chi connectivity index (χ0n) is 8.98. The Labute approximate surface area is 112 Å². The van der Waals surface area contributed by atoms with Crippen LogP contribution in [0.2, 0.25) is 0 Å². The summed E-state index contributed by atoms with van der Waals surface area (Å²) in [5.74, 6) is -1.23. The summed E-state index contributed by atoms with van der Waals surface area (Å²) < 4.78 is 0.700. The van der Waals surface area contributed by atoms with E-state index in [-0.39, 0.29) is 5.78 Å². The molecule has 0 spiro atoms. The minimum atomic E-state index is -1.04. The number of Topliss-reactive ketones (excluding diaryl/α,β-unsaturated/α-hetero) is 1. The lowest BCUT2D eigenvalue weighted by atomic mass is 10.1. The van der Waals surface area contributed by atoms with Crippen LogP contribution in [-0.4, -0.2) is 22.2 Å². The van der Waals surface area contributed by atoms with E-state index in [1.807, 2.05) is 0 Å². The van der Waals surface area contributed by atoms with Crippen molar-refractivity contribution in [3.63, 3.8) is 0 Å². The number of alkyl halides is 1. The standard InChI is InChI=1S/C12H10BrClO3/c1-7(14)12(17)9-4-8(2-3-11(15)16)5-10(13)6-9/h2-7H,1H3,(H,15,16)/b3-2+. The lowest BCUT2D eigenvalue weighted by Gasteiger charge is -2.05. The van der Waals surface area contributed by atoms with Crippen molar-refractivity contribution in [1.82, 2.24) is 0 Å². The largest absolute Gasteiger partial charge is 0.478 e. The first-order valence-corrected chi connectivity index (χ1v) is 6.03. The SMILES string of the molecule is CC(Cl)C(=O)c1cc(Br)cc(/C=C/C(=O)O)c1. The highest BCUT2D eigenvalue weighted by molar-refractivity contribution is 9.10. The molecule has 1 aromatic carbocycles. The third kappa shape index (κ3) is 4.32. The highest BCUT2D eigenvalue weighted by Gasteiger charge is 2.13. The molecule has 3 nitrogen and oxygen atoms in total. The normalized spacial score (nSPS) is 12.6. The maximum absolute atomic E-state index is 11.7. The van der Waals surface area contributed by atoms with Gasteiger partial charge in [0.25, 0.3) is 0 Å². The van der Waals surface area contributed by atoms with Crippen molar-refractivity contribution in [3.8, 4) is 0 Å². The first-order chi connectivity index (χ1) is 7.90. The summed E-state index contributed by atoms with van der Waals surface area (Å²) in [5, 5.41) is 7.91. The van der Waals surface area contributed by atoms with Crippen molar-refractivity contribution in [1.29, 1.82) is 0 Å². The van der Waals surface area contributed by atoms with Crippen molar-refractivity contribution < 1.29 is 14.7 Å². The van der Waals surface area contributed by atoms with Crippen molar-refractivity contribution >= 4 is 45.4 Å². The third-order valence-electron chi connectivity index (χ3n) is 1.98. The Morgan fingerprint density at radius 1 is 1.41 bits per heavy atom. The molecule has 0 bridgehead atoms. The predicted molar refractivity (Wildman–Crippen MR) is 70.5 cm³/mol. The van der Waals surface area contributed by atoms with Gasteiger partial charge in [0.2, 0.25) is 0 Å². The summed E-state index contributed by atoms with van der Waals surface area (Å²) in [6.45, 7) is 1.59. The van der Waals surface area contributed by atoms with Crippen LogP contribution in [0.1, 0.15) is 22.8 Å². The number of aliphatic carboxylic acids is 1. The number of hydrogen-bond donors (Lipinski definition) is 1. The minimum absolute atomic E-state index is 0.196. The molecule has 0 fully saturated rings. The fraction of sp³-hybridized carbons (Fsp3) is 0.167. The molecule has 0 aromatic heterocycles. The number of ketones is 1. The predicted octanol–water partition coefficient (Wildman–Crippen LogP) is 3.36. The molecule has 1 unspecified atom stereocenters. The minimum Gasteiger partial charge on any atom is -0.478 e. The summed E-state index contributed by atoms with van der Waals surface area (Å²) in [7, 11) is 0. The Morgan fingerprint density at radius 3 is 2.59 bits per heavy atom. The Hall–Kier alpha value is -1.13. The van der Waals surface area contributed by atoms with Gasteiger partial charge < -0.3 is 5.11 Å². The average Bonchev–Trinajstić information content (AvgIpc) is 2.24. The highest BCUT2D eigenvalue weighted by atomic mass is 79.9. The molecule has 0 radical (unpaired) electrons. The third-order valence-corrected chi connectivity index (χ3v) is 2.64. The molecule has 0 heterocycles. The van der Waals surface area contributed by atoms with Gasteiger partial charge >= 0.3 is 5.97 Å². The van der Waals surface area contributed by atoms with E-state index in [0.29, 0.717) is 15.6 Å². The number of carboxylic acids is 1. The van der Waals surface area contributed by atoms with Crippen LogP contribution in [0.4, 0.5) is 0 Å². The maximum Gasteiger partial charge on any atom is 0.328 e. The molecule has 0 saturated heterocycles. The Kier molecular flexibility index (Phi) is 4.90. The van der Waals surface area contributed by atoms with Gasteiger partial charge in [0.15, 0.2) is 5.78 Å². The number of carboxylic acid groups (broad SMARTS) is 1. The van der Waals surface area contributed by atoms with Crippen molar-refractivity contribution in [3.05, 3.63) is 39.9 Å². The Morgan fingerprint density at radius 2 is 2.06 bits per heavy atom. The molecule has 0 aliphatic rings. The molecular weight excluding hydrogens is 307 g/mol. The number of carbonyl (C=O) groups excluding carboxylic acids is 1. The zero-order valence-corrected chi connectivity index (χ0v) is 11.3. The molecule has 1 rings (SSSR count). The lowest BCUT2D eigenvalue weighted by Crippen LogP contribution is -2.10.